The summed E-state index contributed by atoms with van der Waals surface area (Å²) in [6.45, 7) is 3.90. The molecule has 0 spiro atoms. The van der Waals surface area contributed by atoms with Gasteiger partial charge in [-0.15, -0.1) is 0 Å². The largest absolute Gasteiger partial charge is 0.466 e. The monoisotopic (exact) mass is 231 g/mol. The molecule has 88 valence electrons. The zero-order valence-electron chi connectivity index (χ0n) is 9.97. The van der Waals surface area contributed by atoms with Crippen molar-refractivity contribution < 1.29 is 9.53 Å². The predicted molar refractivity (Wildman–Crippen MR) is 65.1 cm³/mol. The van der Waals surface area contributed by atoms with Crippen molar-refractivity contribution in [2.75, 3.05) is 7.11 Å². The minimum absolute atomic E-state index is 0.0537. The van der Waals surface area contributed by atoms with Gasteiger partial charge in [0.2, 0.25) is 0 Å². The number of benzene rings is 1. The van der Waals surface area contributed by atoms with E-state index in [4.69, 9.17) is 5.53 Å². The van der Waals surface area contributed by atoms with Crippen LogP contribution in [0.1, 0.15) is 16.7 Å². The molecule has 0 bridgehead atoms. The highest BCUT2D eigenvalue weighted by molar-refractivity contribution is 5.93. The van der Waals surface area contributed by atoms with Crippen LogP contribution in [0.2, 0.25) is 0 Å². The van der Waals surface area contributed by atoms with Crippen molar-refractivity contribution in [1.82, 2.24) is 0 Å². The summed E-state index contributed by atoms with van der Waals surface area (Å²) < 4.78 is 4.53. The first-order chi connectivity index (χ1) is 8.08. The Morgan fingerprint density at radius 3 is 2.71 bits per heavy atom. The molecule has 0 amide bonds. The highest BCUT2D eigenvalue weighted by Crippen LogP contribution is 2.15. The number of hydrogen-bond donors (Lipinski definition) is 0. The molecule has 5 nitrogen and oxygen atoms in total. The van der Waals surface area contributed by atoms with Gasteiger partial charge in [-0.25, -0.2) is 4.79 Å². The third-order valence-electron chi connectivity index (χ3n) is 2.26. The molecule has 0 radical (unpaired) electrons. The van der Waals surface area contributed by atoms with Crippen molar-refractivity contribution in [3.8, 4) is 0 Å². The fraction of sp³-hybridized carbons (Fsp3) is 0.250. The lowest BCUT2D eigenvalue weighted by Crippen LogP contribution is -2.02. The first kappa shape index (κ1) is 12.8. The number of methoxy groups -OCH3 is 1. The zero-order valence-corrected chi connectivity index (χ0v) is 9.97. The summed E-state index contributed by atoms with van der Waals surface area (Å²) in [4.78, 5) is 13.9. The molecular weight excluding hydrogens is 218 g/mol. The van der Waals surface area contributed by atoms with Crippen molar-refractivity contribution >= 4 is 12.0 Å². The van der Waals surface area contributed by atoms with E-state index in [2.05, 4.69) is 14.8 Å². The number of ether oxygens (including phenoxy) is 1. The molecule has 0 saturated heterocycles. The van der Waals surface area contributed by atoms with Crippen LogP contribution in [0, 0.1) is 13.8 Å². The lowest BCUT2D eigenvalue weighted by Gasteiger charge is -2.03. The van der Waals surface area contributed by atoms with Gasteiger partial charge in [0, 0.05) is 4.91 Å². The molecule has 0 N–H and O–H groups in total. The van der Waals surface area contributed by atoms with Crippen LogP contribution in [0.25, 0.3) is 16.5 Å². The summed E-state index contributed by atoms with van der Waals surface area (Å²) in [6, 6.07) is 5.77. The van der Waals surface area contributed by atoms with Crippen LogP contribution in [0.4, 0.5) is 0 Å². The molecule has 0 aromatic heterocycles. The van der Waals surface area contributed by atoms with Gasteiger partial charge < -0.3 is 4.74 Å². The second kappa shape index (κ2) is 5.72. The Kier molecular flexibility index (Phi) is 4.31. The Morgan fingerprint density at radius 2 is 2.18 bits per heavy atom. The molecule has 1 rings (SSSR count). The fourth-order valence-corrected chi connectivity index (χ4v) is 1.42. The minimum atomic E-state index is -0.650. The quantitative estimate of drug-likeness (QED) is 0.263. The van der Waals surface area contributed by atoms with Crippen molar-refractivity contribution in [1.29, 1.82) is 0 Å². The Hall–Kier alpha value is -2.26. The van der Waals surface area contributed by atoms with Gasteiger partial charge in [0.1, 0.15) is 5.70 Å². The number of rotatable bonds is 3. The van der Waals surface area contributed by atoms with Crippen molar-refractivity contribution in [2.45, 2.75) is 13.8 Å². The van der Waals surface area contributed by atoms with E-state index in [-0.39, 0.29) is 5.70 Å². The van der Waals surface area contributed by atoms with Crippen molar-refractivity contribution in [2.24, 2.45) is 5.11 Å². The zero-order chi connectivity index (χ0) is 12.8. The van der Waals surface area contributed by atoms with E-state index in [1.165, 1.54) is 13.2 Å². The van der Waals surface area contributed by atoms with Crippen LogP contribution in [-0.4, -0.2) is 13.1 Å². The molecule has 0 aliphatic rings. The highest BCUT2D eigenvalue weighted by atomic mass is 16.5. The van der Waals surface area contributed by atoms with Gasteiger partial charge in [-0.05, 0) is 36.6 Å². The maximum absolute atomic E-state index is 11.3. The molecule has 1 aromatic rings. The van der Waals surface area contributed by atoms with Crippen molar-refractivity contribution in [3.63, 3.8) is 0 Å². The normalized spacial score (nSPS) is 10.6. The maximum Gasteiger partial charge on any atom is 0.340 e. The van der Waals surface area contributed by atoms with Crippen LogP contribution in [0.15, 0.2) is 29.0 Å². The number of hydrogen-bond acceptors (Lipinski definition) is 3. The Bertz CT molecular complexity index is 514. The van der Waals surface area contributed by atoms with E-state index in [1.807, 2.05) is 32.0 Å². The number of nitrogens with zero attached hydrogens (tertiary/aromatic N) is 3. The molecule has 17 heavy (non-hydrogen) atoms. The SMILES string of the molecule is COC(=O)C(=Cc1ccc(C)cc1C)N=[N+]=[N-]. The fourth-order valence-electron chi connectivity index (χ4n) is 1.42. The van der Waals surface area contributed by atoms with Gasteiger partial charge in [0.05, 0.1) is 7.11 Å². The van der Waals surface area contributed by atoms with Gasteiger partial charge in [0.25, 0.3) is 0 Å². The first-order valence-electron chi connectivity index (χ1n) is 5.01. The lowest BCUT2D eigenvalue weighted by atomic mass is 10.0. The van der Waals surface area contributed by atoms with Crippen molar-refractivity contribution in [3.05, 3.63) is 51.0 Å². The molecule has 5 heteroatoms. The van der Waals surface area contributed by atoms with Crippen LogP contribution >= 0.6 is 0 Å². The molecule has 0 aliphatic heterocycles. The summed E-state index contributed by atoms with van der Waals surface area (Å²) in [5, 5.41) is 3.32. The van der Waals surface area contributed by atoms with Gasteiger partial charge in [0.15, 0.2) is 0 Å². The molecule has 0 aliphatic carbocycles. The standard InChI is InChI=1S/C12H13N3O2/c1-8-4-5-10(9(2)6-8)7-11(14-15-13)12(16)17-3/h4-7H,1-3H3. The third-order valence-corrected chi connectivity index (χ3v) is 2.26. The van der Waals surface area contributed by atoms with Gasteiger partial charge >= 0.3 is 5.97 Å². The van der Waals surface area contributed by atoms with E-state index in [1.54, 1.807) is 0 Å². The molecule has 0 heterocycles. The molecular formula is C12H13N3O2. The topological polar surface area (TPSA) is 75.1 Å². The molecule has 0 saturated carbocycles. The number of aryl methyl sites for hydroxylation is 2. The maximum atomic E-state index is 11.3. The van der Waals surface area contributed by atoms with E-state index in [9.17, 15) is 4.79 Å². The summed E-state index contributed by atoms with van der Waals surface area (Å²) in [6.07, 6.45) is 1.51. The van der Waals surface area contributed by atoms with Gasteiger partial charge in [-0.3, -0.25) is 0 Å². The molecule has 0 fully saturated rings. The summed E-state index contributed by atoms with van der Waals surface area (Å²) in [5.74, 6) is -0.650. The van der Waals surface area contributed by atoms with E-state index < -0.39 is 5.97 Å². The van der Waals surface area contributed by atoms with Crippen LogP contribution in [0.3, 0.4) is 0 Å². The number of carbonyl (C=O) groups is 1. The summed E-state index contributed by atoms with van der Waals surface area (Å²) in [7, 11) is 1.24. The Balaban J connectivity index is 3.21. The second-order valence-corrected chi connectivity index (χ2v) is 3.57. The van der Waals surface area contributed by atoms with E-state index in [0.29, 0.717) is 0 Å². The predicted octanol–water partition coefficient (Wildman–Crippen LogP) is 3.13. The van der Waals surface area contributed by atoms with Crippen LogP contribution in [-0.2, 0) is 9.53 Å². The molecule has 0 unspecified atom stereocenters. The number of esters is 1. The summed E-state index contributed by atoms with van der Waals surface area (Å²) >= 11 is 0. The minimum Gasteiger partial charge on any atom is -0.466 e. The van der Waals surface area contributed by atoms with Gasteiger partial charge in [-0.1, -0.05) is 28.9 Å². The molecule has 0 atom stereocenters. The van der Waals surface area contributed by atoms with E-state index in [0.717, 1.165) is 16.7 Å². The number of azide groups is 1. The number of carbonyl (C=O) groups excluding carboxylic acids is 1. The van der Waals surface area contributed by atoms with Gasteiger partial charge in [-0.2, -0.15) is 0 Å². The molecule has 1 aromatic carbocycles. The highest BCUT2D eigenvalue weighted by Gasteiger charge is 2.08. The average molecular weight is 231 g/mol. The van der Waals surface area contributed by atoms with Crippen LogP contribution in [0.5, 0.6) is 0 Å². The first-order valence-corrected chi connectivity index (χ1v) is 5.01. The Labute approximate surface area is 99.3 Å². The summed E-state index contributed by atoms with van der Waals surface area (Å²) in [5.41, 5.74) is 11.3. The second-order valence-electron chi connectivity index (χ2n) is 3.57. The average Bonchev–Trinajstić information content (AvgIpc) is 2.30. The smallest absolute Gasteiger partial charge is 0.340 e. The lowest BCUT2D eigenvalue weighted by molar-refractivity contribution is -0.136. The van der Waals surface area contributed by atoms with Crippen LogP contribution < -0.4 is 0 Å². The Morgan fingerprint density at radius 1 is 1.47 bits per heavy atom. The third kappa shape index (κ3) is 3.36. The van der Waals surface area contributed by atoms with E-state index >= 15 is 0 Å².